The molecule has 0 aliphatic rings. The molecule has 2 amide bonds. The van der Waals surface area contributed by atoms with E-state index in [-0.39, 0.29) is 12.5 Å². The molecule has 2 rings (SSSR count). The number of rotatable bonds is 10. The second-order valence-electron chi connectivity index (χ2n) is 5.98. The largest absolute Gasteiger partial charge is 0.497 e. The Bertz CT molecular complexity index is 786. The van der Waals surface area contributed by atoms with E-state index in [1.54, 1.807) is 31.4 Å². The van der Waals surface area contributed by atoms with Crippen LogP contribution >= 0.6 is 0 Å². The van der Waals surface area contributed by atoms with Gasteiger partial charge in [-0.15, -0.1) is 0 Å². The zero-order valence-corrected chi connectivity index (χ0v) is 16.1. The number of benzene rings is 2. The Morgan fingerprint density at radius 1 is 1.04 bits per heavy atom. The van der Waals surface area contributed by atoms with Crippen LogP contribution < -0.4 is 20.2 Å². The van der Waals surface area contributed by atoms with Crippen molar-refractivity contribution in [2.45, 2.75) is 19.8 Å². The molecule has 0 bridgehead atoms. The average Bonchev–Trinajstić information content (AvgIpc) is 2.73. The smallest absolute Gasteiger partial charge is 0.259 e. The van der Waals surface area contributed by atoms with Crippen molar-refractivity contribution in [1.29, 1.82) is 0 Å². The predicted molar refractivity (Wildman–Crippen MR) is 108 cm³/mol. The number of carbonyl (C=O) groups is 2. The van der Waals surface area contributed by atoms with E-state index >= 15 is 0 Å². The van der Waals surface area contributed by atoms with Gasteiger partial charge in [-0.05, 0) is 60.5 Å². The van der Waals surface area contributed by atoms with E-state index in [1.165, 1.54) is 6.21 Å². The second-order valence-corrected chi connectivity index (χ2v) is 5.98. The lowest BCUT2D eigenvalue weighted by Crippen LogP contribution is -2.34. The van der Waals surface area contributed by atoms with Crippen molar-refractivity contribution in [3.05, 3.63) is 59.7 Å². The fraction of sp³-hybridized carbons (Fsp3) is 0.286. The highest BCUT2D eigenvalue weighted by Crippen LogP contribution is 2.12. The number of hydrogen-bond acceptors (Lipinski definition) is 5. The molecule has 0 unspecified atom stereocenters. The zero-order valence-electron chi connectivity index (χ0n) is 16.1. The molecule has 0 heterocycles. The zero-order chi connectivity index (χ0) is 20.2. The highest BCUT2D eigenvalue weighted by atomic mass is 16.5. The molecule has 0 atom stereocenters. The first-order chi connectivity index (χ1) is 13.6. The summed E-state index contributed by atoms with van der Waals surface area (Å²) in [7, 11) is 1.55. The predicted octanol–water partition coefficient (Wildman–Crippen LogP) is 2.75. The molecule has 28 heavy (non-hydrogen) atoms. The lowest BCUT2D eigenvalue weighted by Gasteiger charge is -2.06. The first-order valence-corrected chi connectivity index (χ1v) is 9.09. The maximum Gasteiger partial charge on any atom is 0.259 e. The Kier molecular flexibility index (Phi) is 8.52. The van der Waals surface area contributed by atoms with Gasteiger partial charge < -0.3 is 14.8 Å². The van der Waals surface area contributed by atoms with Crippen molar-refractivity contribution in [2.75, 3.05) is 20.3 Å². The minimum Gasteiger partial charge on any atom is -0.497 e. The van der Waals surface area contributed by atoms with E-state index in [2.05, 4.69) is 22.8 Å². The Morgan fingerprint density at radius 2 is 1.71 bits per heavy atom. The lowest BCUT2D eigenvalue weighted by molar-refractivity contribution is -0.120. The van der Waals surface area contributed by atoms with E-state index in [1.807, 2.05) is 24.3 Å². The van der Waals surface area contributed by atoms with Crippen molar-refractivity contribution in [1.82, 2.24) is 10.7 Å². The summed E-state index contributed by atoms with van der Waals surface area (Å²) in [6, 6.07) is 14.0. The van der Waals surface area contributed by atoms with Crippen LogP contribution in [-0.4, -0.2) is 38.3 Å². The van der Waals surface area contributed by atoms with E-state index in [0.29, 0.717) is 17.9 Å². The molecule has 148 valence electrons. The fourth-order valence-electron chi connectivity index (χ4n) is 2.21. The minimum absolute atomic E-state index is 0.174. The van der Waals surface area contributed by atoms with Gasteiger partial charge in [-0.3, -0.25) is 9.59 Å². The average molecular weight is 383 g/mol. The molecule has 0 aliphatic carbocycles. The highest BCUT2D eigenvalue weighted by Gasteiger charge is 2.07. The van der Waals surface area contributed by atoms with Crippen LogP contribution in [0, 0.1) is 0 Å². The summed E-state index contributed by atoms with van der Waals surface area (Å²) < 4.78 is 10.6. The lowest BCUT2D eigenvalue weighted by atomic mass is 10.2. The van der Waals surface area contributed by atoms with E-state index < -0.39 is 5.91 Å². The monoisotopic (exact) mass is 383 g/mol. The number of nitrogens with zero attached hydrogens (tertiary/aromatic N) is 1. The summed E-state index contributed by atoms with van der Waals surface area (Å²) in [5, 5.41) is 6.42. The van der Waals surface area contributed by atoms with Crippen LogP contribution in [-0.2, 0) is 4.79 Å². The fourth-order valence-corrected chi connectivity index (χ4v) is 2.21. The first-order valence-electron chi connectivity index (χ1n) is 9.09. The van der Waals surface area contributed by atoms with Crippen LogP contribution in [0.15, 0.2) is 53.6 Å². The number of nitrogens with one attached hydrogen (secondary N) is 2. The van der Waals surface area contributed by atoms with Crippen LogP contribution in [0.5, 0.6) is 11.5 Å². The van der Waals surface area contributed by atoms with Gasteiger partial charge in [0.05, 0.1) is 26.5 Å². The Hall–Kier alpha value is -3.35. The molecule has 2 N–H and O–H groups in total. The molecule has 0 saturated heterocycles. The summed E-state index contributed by atoms with van der Waals surface area (Å²) in [6.45, 7) is 2.64. The Morgan fingerprint density at radius 3 is 2.36 bits per heavy atom. The first kappa shape index (κ1) is 21.0. The van der Waals surface area contributed by atoms with E-state index in [4.69, 9.17) is 9.47 Å². The molecule has 2 aromatic carbocycles. The van der Waals surface area contributed by atoms with Gasteiger partial charge in [-0.2, -0.15) is 5.10 Å². The molecule has 0 aliphatic heterocycles. The van der Waals surface area contributed by atoms with E-state index in [9.17, 15) is 9.59 Å². The molecule has 0 spiro atoms. The second kappa shape index (κ2) is 11.4. The van der Waals surface area contributed by atoms with Gasteiger partial charge in [0.1, 0.15) is 11.5 Å². The van der Waals surface area contributed by atoms with Crippen LogP contribution in [0.4, 0.5) is 0 Å². The number of hydrazone groups is 1. The maximum absolute atomic E-state index is 12.0. The van der Waals surface area contributed by atoms with Crippen LogP contribution in [0.3, 0.4) is 0 Å². The van der Waals surface area contributed by atoms with Gasteiger partial charge in [-0.25, -0.2) is 5.43 Å². The Labute approximate surface area is 164 Å². The van der Waals surface area contributed by atoms with Gasteiger partial charge in [0, 0.05) is 5.56 Å². The third kappa shape index (κ3) is 7.11. The van der Waals surface area contributed by atoms with Gasteiger partial charge >= 0.3 is 0 Å². The standard InChI is InChI=1S/C21H25N3O4/c1-3-4-13-28-19-9-5-16(6-10-19)14-23-24-20(25)15-22-21(26)17-7-11-18(27-2)12-8-17/h5-12,14H,3-4,13,15H2,1-2H3,(H,22,26)(H,24,25). The topological polar surface area (TPSA) is 89.0 Å². The number of hydrogen-bond donors (Lipinski definition) is 2. The normalized spacial score (nSPS) is 10.5. The summed E-state index contributed by atoms with van der Waals surface area (Å²) in [4.78, 5) is 23.8. The highest BCUT2D eigenvalue weighted by molar-refractivity contribution is 5.96. The molecular formula is C21H25N3O4. The summed E-state index contributed by atoms with van der Waals surface area (Å²) in [5.74, 6) is 0.693. The minimum atomic E-state index is -0.419. The quantitative estimate of drug-likeness (QED) is 0.375. The van der Waals surface area contributed by atoms with Gasteiger partial charge in [0.25, 0.3) is 11.8 Å². The third-order valence-electron chi connectivity index (χ3n) is 3.81. The van der Waals surface area contributed by atoms with Crippen LogP contribution in [0.2, 0.25) is 0 Å². The van der Waals surface area contributed by atoms with E-state index in [0.717, 1.165) is 24.2 Å². The van der Waals surface area contributed by atoms with Crippen LogP contribution in [0.25, 0.3) is 0 Å². The number of methoxy groups -OCH3 is 1. The molecule has 7 heteroatoms. The van der Waals surface area contributed by atoms with Crippen molar-refractivity contribution in [3.63, 3.8) is 0 Å². The molecular weight excluding hydrogens is 358 g/mol. The van der Waals surface area contributed by atoms with Gasteiger partial charge in [0.15, 0.2) is 0 Å². The number of carbonyl (C=O) groups excluding carboxylic acids is 2. The van der Waals surface area contributed by atoms with Crippen molar-refractivity contribution in [3.8, 4) is 11.5 Å². The Balaban J connectivity index is 1.73. The number of unbranched alkanes of at least 4 members (excludes halogenated alkanes) is 1. The molecule has 2 aromatic rings. The summed E-state index contributed by atoms with van der Waals surface area (Å²) in [6.07, 6.45) is 3.63. The van der Waals surface area contributed by atoms with Gasteiger partial charge in [0.2, 0.25) is 0 Å². The summed E-state index contributed by atoms with van der Waals surface area (Å²) >= 11 is 0. The molecule has 0 fully saturated rings. The number of ether oxygens (including phenoxy) is 2. The molecule has 0 aromatic heterocycles. The van der Waals surface area contributed by atoms with Crippen LogP contribution in [0.1, 0.15) is 35.7 Å². The SMILES string of the molecule is CCCCOc1ccc(C=NNC(=O)CNC(=O)c2ccc(OC)cc2)cc1. The summed E-state index contributed by atoms with van der Waals surface area (Å²) in [5.41, 5.74) is 3.64. The molecule has 0 radical (unpaired) electrons. The molecule has 7 nitrogen and oxygen atoms in total. The third-order valence-corrected chi connectivity index (χ3v) is 3.81. The van der Waals surface area contributed by atoms with Crippen molar-refractivity contribution < 1.29 is 19.1 Å². The van der Waals surface area contributed by atoms with Gasteiger partial charge in [-0.1, -0.05) is 13.3 Å². The van der Waals surface area contributed by atoms with Crippen molar-refractivity contribution in [2.24, 2.45) is 5.10 Å². The molecule has 0 saturated carbocycles. The van der Waals surface area contributed by atoms with Crippen molar-refractivity contribution >= 4 is 18.0 Å². The number of amides is 2. The maximum atomic E-state index is 12.0.